The zero-order valence-corrected chi connectivity index (χ0v) is 20.9. The third-order valence-electron chi connectivity index (χ3n) is 6.21. The van der Waals surface area contributed by atoms with Crippen molar-refractivity contribution < 1.29 is 22.7 Å². The van der Waals surface area contributed by atoms with Gasteiger partial charge in [0.25, 0.3) is 5.88 Å². The Balaban J connectivity index is 1.57. The summed E-state index contributed by atoms with van der Waals surface area (Å²) in [4.78, 5) is 23.5. The highest BCUT2D eigenvalue weighted by atomic mass is 19.4. The van der Waals surface area contributed by atoms with Gasteiger partial charge in [0.05, 0.1) is 30.5 Å². The van der Waals surface area contributed by atoms with E-state index in [2.05, 4.69) is 15.3 Å². The number of hydrogen-bond donors (Lipinski definition) is 1. The lowest BCUT2D eigenvalue weighted by Gasteiger charge is -2.30. The zero-order chi connectivity index (χ0) is 27.4. The molecule has 1 N–H and O–H groups in total. The molecule has 0 radical (unpaired) electrons. The minimum absolute atomic E-state index is 0.0521. The van der Waals surface area contributed by atoms with Gasteiger partial charge in [-0.1, -0.05) is 30.3 Å². The van der Waals surface area contributed by atoms with Crippen molar-refractivity contribution in [3.05, 3.63) is 83.8 Å². The number of alkyl halides is 3. The molecule has 0 aliphatic carbocycles. The number of aromatic nitrogens is 3. The molecule has 2 aromatic heterocycles. The number of methoxy groups -OCH3 is 1. The lowest BCUT2D eigenvalue weighted by Crippen LogP contribution is -2.42. The number of halogens is 3. The first kappa shape index (κ1) is 26.5. The molecule has 38 heavy (non-hydrogen) atoms. The second kappa shape index (κ2) is 10.8. The Morgan fingerprint density at radius 3 is 2.63 bits per heavy atom. The van der Waals surface area contributed by atoms with E-state index in [-0.39, 0.29) is 5.56 Å². The van der Waals surface area contributed by atoms with Crippen molar-refractivity contribution in [2.75, 3.05) is 13.7 Å². The summed E-state index contributed by atoms with van der Waals surface area (Å²) < 4.78 is 46.6. The first-order valence-corrected chi connectivity index (χ1v) is 11.8. The van der Waals surface area contributed by atoms with Crippen LogP contribution in [0.4, 0.5) is 18.0 Å². The van der Waals surface area contributed by atoms with Gasteiger partial charge < -0.3 is 19.4 Å². The molecule has 196 valence electrons. The van der Waals surface area contributed by atoms with E-state index in [1.54, 1.807) is 23.7 Å². The Kier molecular flexibility index (Phi) is 7.52. The van der Waals surface area contributed by atoms with Gasteiger partial charge in [-0.15, -0.1) is 0 Å². The van der Waals surface area contributed by atoms with Crippen LogP contribution < -0.4 is 10.1 Å². The smallest absolute Gasteiger partial charge is 0.416 e. The summed E-state index contributed by atoms with van der Waals surface area (Å²) in [6.07, 6.45) is 0.698. The van der Waals surface area contributed by atoms with Crippen molar-refractivity contribution in [1.82, 2.24) is 24.6 Å². The highest BCUT2D eigenvalue weighted by Crippen LogP contribution is 2.31. The largest absolute Gasteiger partial charge is 0.478 e. The molecule has 11 heteroatoms. The van der Waals surface area contributed by atoms with E-state index in [1.165, 1.54) is 24.1 Å². The van der Waals surface area contributed by atoms with Crippen molar-refractivity contribution in [2.45, 2.75) is 32.1 Å². The Morgan fingerprint density at radius 1 is 1.21 bits per heavy atom. The van der Waals surface area contributed by atoms with Crippen molar-refractivity contribution in [1.29, 1.82) is 5.26 Å². The number of amides is 2. The molecular formula is C27H25F3N6O2. The van der Waals surface area contributed by atoms with Crippen LogP contribution in [-0.4, -0.2) is 39.0 Å². The van der Waals surface area contributed by atoms with Crippen molar-refractivity contribution in [2.24, 2.45) is 0 Å². The van der Waals surface area contributed by atoms with E-state index in [4.69, 9.17) is 4.74 Å². The Bertz CT molecular complexity index is 1490. The van der Waals surface area contributed by atoms with Crippen molar-refractivity contribution >= 4 is 11.7 Å². The monoisotopic (exact) mass is 522 g/mol. The number of nitrogens with one attached hydrogen (secondary N) is 1. The minimum Gasteiger partial charge on any atom is -0.478 e. The number of fused-ring (bicyclic) bond motifs is 1. The number of carbonyl (C=O) groups is 1. The number of carbonyl (C=O) groups excluding carboxylic acids is 1. The van der Waals surface area contributed by atoms with Crippen LogP contribution in [0.3, 0.4) is 0 Å². The van der Waals surface area contributed by atoms with Gasteiger partial charge in [-0.3, -0.25) is 0 Å². The number of hydrogen-bond acceptors (Lipinski definition) is 5. The van der Waals surface area contributed by atoms with Gasteiger partial charge in [-0.2, -0.15) is 18.4 Å². The molecule has 0 aliphatic heterocycles. The summed E-state index contributed by atoms with van der Waals surface area (Å²) in [6, 6.07) is 11.5. The summed E-state index contributed by atoms with van der Waals surface area (Å²) in [7, 11) is 1.52. The van der Waals surface area contributed by atoms with Crippen LogP contribution >= 0.6 is 0 Å². The summed E-state index contributed by atoms with van der Waals surface area (Å²) >= 11 is 0. The minimum atomic E-state index is -4.56. The number of ether oxygens (including phenoxy) is 1. The van der Waals surface area contributed by atoms with Crippen molar-refractivity contribution in [3.63, 3.8) is 0 Å². The van der Waals surface area contributed by atoms with Gasteiger partial charge in [0.1, 0.15) is 6.04 Å². The molecule has 0 saturated heterocycles. The normalized spacial score (nSPS) is 13.0. The molecule has 0 saturated carbocycles. The van der Waals surface area contributed by atoms with Crippen LogP contribution in [0.1, 0.15) is 42.6 Å². The molecule has 2 amide bonds. The van der Waals surface area contributed by atoms with E-state index in [9.17, 15) is 23.2 Å². The summed E-state index contributed by atoms with van der Waals surface area (Å²) in [5.41, 5.74) is 1.99. The molecule has 0 aliphatic rings. The van der Waals surface area contributed by atoms with Gasteiger partial charge in [-0.05, 0) is 43.2 Å². The predicted octanol–water partition coefficient (Wildman–Crippen LogP) is 5.78. The average Bonchev–Trinajstić information content (AvgIpc) is 3.40. The molecule has 1 unspecified atom stereocenters. The third kappa shape index (κ3) is 5.39. The second-order valence-electron chi connectivity index (χ2n) is 8.52. The average molecular weight is 523 g/mol. The Hall–Kier alpha value is -4.59. The summed E-state index contributed by atoms with van der Waals surface area (Å²) in [5.74, 6) is 0.373. The Morgan fingerprint density at radius 2 is 1.95 bits per heavy atom. The lowest BCUT2D eigenvalue weighted by molar-refractivity contribution is -0.137. The number of benzene rings is 2. The molecule has 4 aromatic rings. The van der Waals surface area contributed by atoms with Gasteiger partial charge >= 0.3 is 12.2 Å². The predicted molar refractivity (Wildman–Crippen MR) is 134 cm³/mol. The van der Waals surface area contributed by atoms with Gasteiger partial charge in [0, 0.05) is 30.7 Å². The van der Waals surface area contributed by atoms with Gasteiger partial charge in [-0.25, -0.2) is 14.8 Å². The molecule has 4 rings (SSSR count). The molecule has 0 spiro atoms. The maximum Gasteiger partial charge on any atom is 0.416 e. The highest BCUT2D eigenvalue weighted by Gasteiger charge is 2.31. The van der Waals surface area contributed by atoms with Crippen LogP contribution in [0.5, 0.6) is 5.88 Å². The summed E-state index contributed by atoms with van der Waals surface area (Å²) in [6.45, 7) is 3.91. The fourth-order valence-corrected chi connectivity index (χ4v) is 4.20. The van der Waals surface area contributed by atoms with Crippen LogP contribution in [0.25, 0.3) is 16.9 Å². The zero-order valence-electron chi connectivity index (χ0n) is 20.9. The molecule has 8 nitrogen and oxygen atoms in total. The fourth-order valence-electron chi connectivity index (χ4n) is 4.20. The van der Waals surface area contributed by atoms with E-state index in [1.807, 2.05) is 43.5 Å². The van der Waals surface area contributed by atoms with Crippen molar-refractivity contribution in [3.8, 4) is 23.2 Å². The topological polar surface area (TPSA) is 95.6 Å². The maximum absolute atomic E-state index is 13.2. The number of rotatable bonds is 7. The van der Waals surface area contributed by atoms with Crippen LogP contribution in [0, 0.1) is 11.3 Å². The number of imidazole rings is 1. The molecule has 2 heterocycles. The maximum atomic E-state index is 13.2. The fraction of sp³-hybridized carbons (Fsp3) is 0.259. The van der Waals surface area contributed by atoms with E-state index in [0.717, 1.165) is 23.3 Å². The molecule has 0 fully saturated rings. The van der Waals surface area contributed by atoms with E-state index in [0.29, 0.717) is 23.8 Å². The third-order valence-corrected chi connectivity index (χ3v) is 6.21. The molecule has 0 bridgehead atoms. The molecule has 2 atom stereocenters. The van der Waals surface area contributed by atoms with E-state index < -0.39 is 29.9 Å². The standard InChI is InChI=1S/C27H25F3N6O2/c1-4-36(26(37)34-22(15-31)20-9-6-10-21(14-20)27(28,29)30)17(2)18-7-5-8-19(13-18)23-16-35-12-11-32-24(35)25(33-23)38-3/h5-14,16-17,22H,4H2,1-3H3,(H,34,37)/t17-,22?/m1/s1. The number of nitrogens with zero attached hydrogens (tertiary/aromatic N) is 5. The molecule has 2 aromatic carbocycles. The number of nitriles is 1. The van der Waals surface area contributed by atoms with Gasteiger partial charge in [0.2, 0.25) is 0 Å². The molecular weight excluding hydrogens is 497 g/mol. The van der Waals surface area contributed by atoms with Crippen LogP contribution in [0.2, 0.25) is 0 Å². The second-order valence-corrected chi connectivity index (χ2v) is 8.52. The van der Waals surface area contributed by atoms with Gasteiger partial charge in [0.15, 0.2) is 5.65 Å². The SMILES string of the molecule is CCN(C(=O)NC(C#N)c1cccc(C(F)(F)F)c1)[C@H](C)c1cccc(-c2cn3ccnc3c(OC)n2)c1. The first-order chi connectivity index (χ1) is 18.2. The van der Waals surface area contributed by atoms with E-state index >= 15 is 0 Å². The first-order valence-electron chi connectivity index (χ1n) is 11.8. The van der Waals surface area contributed by atoms with Crippen LogP contribution in [-0.2, 0) is 6.18 Å². The van der Waals surface area contributed by atoms with Crippen LogP contribution in [0.15, 0.2) is 67.1 Å². The Labute approximate surface area is 217 Å². The quantitative estimate of drug-likeness (QED) is 0.332. The lowest BCUT2D eigenvalue weighted by atomic mass is 10.0. The highest BCUT2D eigenvalue weighted by molar-refractivity contribution is 5.76. The summed E-state index contributed by atoms with van der Waals surface area (Å²) in [5, 5.41) is 12.2. The number of urea groups is 1.